The fourth-order valence-corrected chi connectivity index (χ4v) is 9.08. The van der Waals surface area contributed by atoms with Gasteiger partial charge in [0, 0.05) is 54.7 Å². The summed E-state index contributed by atoms with van der Waals surface area (Å²) in [5.41, 5.74) is -2.20. The number of aromatic nitrogens is 6. The van der Waals surface area contributed by atoms with Crippen molar-refractivity contribution in [1.29, 1.82) is 0 Å². The van der Waals surface area contributed by atoms with Crippen LogP contribution >= 0.6 is 0 Å². The summed E-state index contributed by atoms with van der Waals surface area (Å²) >= 11 is 0. The molecule has 2 fully saturated rings. The number of hydrogen-bond donors (Lipinski definition) is 5. The number of carboxylic acid groups (broad SMARTS) is 1. The van der Waals surface area contributed by atoms with Gasteiger partial charge in [0.05, 0.1) is 23.2 Å². The quantitative estimate of drug-likeness (QED) is 0.0383. The number of ketones is 1. The zero-order chi connectivity index (χ0) is 60.2. The van der Waals surface area contributed by atoms with Gasteiger partial charge in [0.2, 0.25) is 0 Å². The first-order valence-corrected chi connectivity index (χ1v) is 25.7. The maximum Gasteiger partial charge on any atom is 1.00 e. The number of halogens is 6. The van der Waals surface area contributed by atoms with Gasteiger partial charge in [-0.05, 0) is 129 Å². The smallest absolute Gasteiger partial charge is 0.870 e. The van der Waals surface area contributed by atoms with Crippen LogP contribution < -0.4 is 41.2 Å². The number of nitrogens with two attached hydrogens (primary N) is 2. The second-order valence-electron chi connectivity index (χ2n) is 21.2. The number of aromatic carboxylic acids is 1. The summed E-state index contributed by atoms with van der Waals surface area (Å²) in [7, 11) is 0. The molecule has 6 heterocycles. The van der Waals surface area contributed by atoms with Gasteiger partial charge in [0.25, 0.3) is 11.8 Å². The number of carboxylic acids is 1. The molecular formula is C55H61F6LiN12O10. The van der Waals surface area contributed by atoms with Gasteiger partial charge in [-0.15, -0.1) is 0 Å². The van der Waals surface area contributed by atoms with Crippen LogP contribution in [0.25, 0.3) is 22.5 Å². The first kappa shape index (κ1) is 66.3. The van der Waals surface area contributed by atoms with Gasteiger partial charge in [-0.1, -0.05) is 24.3 Å². The molecule has 8 N–H and O–H groups in total. The number of Topliss-reactive ketones (excluding diaryl/α,β-unsaturated/α-hetero) is 1. The normalized spacial score (nSPS) is 15.5. The fraction of sp³-hybridized carbons (Fsp3) is 0.382. The van der Waals surface area contributed by atoms with Crippen molar-refractivity contribution in [3.05, 3.63) is 130 Å². The second-order valence-corrected chi connectivity index (χ2v) is 21.2. The zero-order valence-corrected chi connectivity index (χ0v) is 47.1. The van der Waals surface area contributed by atoms with Crippen LogP contribution in [0, 0.1) is 0 Å². The number of piperidine rings is 2. The molecule has 4 aromatic heterocycles. The van der Waals surface area contributed by atoms with Crippen molar-refractivity contribution in [1.82, 2.24) is 39.1 Å². The zero-order valence-electron chi connectivity index (χ0n) is 47.1. The van der Waals surface area contributed by atoms with Gasteiger partial charge in [0.1, 0.15) is 39.9 Å². The molecule has 2 atom stereocenters. The van der Waals surface area contributed by atoms with E-state index in [0.717, 1.165) is 61.0 Å². The van der Waals surface area contributed by atoms with E-state index in [1.807, 2.05) is 0 Å². The Bertz CT molecular complexity index is 3160. The van der Waals surface area contributed by atoms with E-state index in [2.05, 4.69) is 30.6 Å². The minimum Gasteiger partial charge on any atom is -0.870 e. The Labute approximate surface area is 489 Å². The number of pyridine rings is 2. The number of anilines is 2. The van der Waals surface area contributed by atoms with Crippen molar-refractivity contribution >= 4 is 47.4 Å². The van der Waals surface area contributed by atoms with Crippen LogP contribution in [0.4, 0.5) is 47.6 Å². The number of imidazole rings is 2. The maximum absolute atomic E-state index is 13.0. The number of carbonyl (C=O) groups excluding carboxylic acids is 5. The number of hydrogen-bond acceptors (Lipinski definition) is 15. The molecule has 2 aromatic carbocycles. The minimum absolute atomic E-state index is 0. The number of carbonyl (C=O) groups is 6. The minimum atomic E-state index is -4.60. The Hall–Kier alpha value is -8.48. The number of nitrogens with one attached hydrogen (secondary N) is 2. The van der Waals surface area contributed by atoms with Crippen molar-refractivity contribution in [2.24, 2.45) is 0 Å². The van der Waals surface area contributed by atoms with Gasteiger partial charge in [-0.2, -0.15) is 26.3 Å². The molecule has 6 aromatic rings. The maximum atomic E-state index is 13.0. The predicted molar refractivity (Wildman–Crippen MR) is 288 cm³/mol. The van der Waals surface area contributed by atoms with E-state index >= 15 is 0 Å². The molecule has 22 nitrogen and oxygen atoms in total. The summed E-state index contributed by atoms with van der Waals surface area (Å²) in [6, 6.07) is 13.5. The Morgan fingerprint density at radius 3 is 1.27 bits per heavy atom. The van der Waals surface area contributed by atoms with Gasteiger partial charge < -0.3 is 42.4 Å². The standard InChI is InChI=1S/C28H31F3N6O4.C27H29F3N6O5.Li.H2O/c1-16(38)23-22(35-24(37(23)32)20-7-5-6-14-36(20)26(40)41-27(2,3)4)17-8-10-18(11-9-17)25(39)34-21-15-19(12-13-33-21)28(29,30)31;1-26(2,3)41-25(40)35-13-5-4-6-18(35)22-34-20(21(24(38)39)36(22)31)15-7-9-16(10-8-15)23(37)33-19-14-17(11-12-32-19)27(28,29)30;;/h8-13,15,20H,5-7,14,32H2,1-4H3,(H,33,34,39);7-12,14,18H,4-6,13,31H2,1-3H3,(H,38,39)(H,32,33,37);;1H2/q;;+1;/p-1/t20-;18-;;/m00../s1. The number of ether oxygens (including phenoxy) is 2. The molecule has 29 heteroatoms. The summed E-state index contributed by atoms with van der Waals surface area (Å²) < 4.78 is 91.2. The topological polar surface area (TPSA) is 315 Å². The van der Waals surface area contributed by atoms with Crippen LogP contribution in [0.15, 0.2) is 85.2 Å². The Morgan fingerprint density at radius 2 is 0.940 bits per heavy atom. The van der Waals surface area contributed by atoms with Crippen LogP contribution in [-0.4, -0.2) is 110 Å². The number of likely N-dealkylation sites (tertiary alicyclic amines) is 2. The van der Waals surface area contributed by atoms with E-state index in [9.17, 15) is 60.2 Å². The molecule has 0 unspecified atom stereocenters. The Morgan fingerprint density at radius 1 is 0.583 bits per heavy atom. The van der Waals surface area contributed by atoms with Gasteiger partial charge in [0.15, 0.2) is 23.1 Å². The molecule has 0 aliphatic carbocycles. The molecule has 2 aliphatic rings. The summed E-state index contributed by atoms with van der Waals surface area (Å²) in [6.45, 7) is 12.7. The molecule has 444 valence electrons. The first-order valence-electron chi connectivity index (χ1n) is 25.7. The van der Waals surface area contributed by atoms with E-state index in [1.54, 1.807) is 58.6 Å². The molecule has 0 bridgehead atoms. The number of nitrogens with zero attached hydrogens (tertiary/aromatic N) is 8. The number of amides is 4. The molecule has 0 radical (unpaired) electrons. The number of nitrogen functional groups attached to an aromatic ring is 2. The van der Waals surface area contributed by atoms with E-state index < -0.39 is 76.7 Å². The summed E-state index contributed by atoms with van der Waals surface area (Å²) in [4.78, 5) is 95.8. The summed E-state index contributed by atoms with van der Waals surface area (Å²) in [5.74, 6) is 9.46. The van der Waals surface area contributed by atoms with E-state index in [-0.39, 0.29) is 81.5 Å². The molecule has 4 amide bonds. The first-order chi connectivity index (χ1) is 38.3. The van der Waals surface area contributed by atoms with Crippen molar-refractivity contribution in [2.45, 2.75) is 123 Å². The van der Waals surface area contributed by atoms with E-state index in [1.165, 1.54) is 52.9 Å². The number of benzene rings is 2. The van der Waals surface area contributed by atoms with Crippen molar-refractivity contribution < 1.29 is 94.0 Å². The van der Waals surface area contributed by atoms with Crippen molar-refractivity contribution in [3.8, 4) is 22.5 Å². The number of alkyl halides is 6. The van der Waals surface area contributed by atoms with Gasteiger partial charge in [-0.3, -0.25) is 24.2 Å². The van der Waals surface area contributed by atoms with Crippen LogP contribution in [-0.2, 0) is 21.8 Å². The molecule has 0 saturated carbocycles. The molecule has 0 spiro atoms. The average Bonchev–Trinajstić information content (AvgIpc) is 2.56. The van der Waals surface area contributed by atoms with Crippen LogP contribution in [0.5, 0.6) is 0 Å². The van der Waals surface area contributed by atoms with E-state index in [0.29, 0.717) is 48.9 Å². The molecule has 2 saturated heterocycles. The van der Waals surface area contributed by atoms with Crippen LogP contribution in [0.3, 0.4) is 0 Å². The second kappa shape index (κ2) is 26.4. The predicted octanol–water partition coefficient (Wildman–Crippen LogP) is 7.51. The van der Waals surface area contributed by atoms with Crippen molar-refractivity contribution in [2.75, 3.05) is 35.4 Å². The SMILES string of the molecule is CC(=O)c1c(-c2ccc(C(=O)Nc3cc(C(F)(F)F)ccn3)cc2)nc([C@@H]2CCCCN2C(=O)OC(C)(C)C)n1N.CC(C)(C)OC(=O)N1CCCC[C@H]1c1nc(-c2ccc(C(=O)Nc3cc(C(F)(F)F)ccn3)cc2)c(C(=O)O)n1N.[Li+].[OH-]. The molecule has 84 heavy (non-hydrogen) atoms. The average molecular weight is 1170 g/mol. The van der Waals surface area contributed by atoms with Crippen molar-refractivity contribution in [3.63, 3.8) is 0 Å². The molecule has 2 aliphatic heterocycles. The number of rotatable bonds is 10. The largest absolute Gasteiger partial charge is 1.00 e. The van der Waals surface area contributed by atoms with E-state index in [4.69, 9.17) is 21.2 Å². The monoisotopic (exact) mass is 1170 g/mol. The van der Waals surface area contributed by atoms with Gasteiger partial charge in [-0.25, -0.2) is 43.7 Å². The Balaban J connectivity index is 0.000000300. The third-order valence-electron chi connectivity index (χ3n) is 12.8. The summed E-state index contributed by atoms with van der Waals surface area (Å²) in [5, 5.41) is 14.6. The third kappa shape index (κ3) is 16.0. The van der Waals surface area contributed by atoms with Crippen LogP contribution in [0.2, 0.25) is 0 Å². The molecule has 8 rings (SSSR count). The fourth-order valence-electron chi connectivity index (χ4n) is 9.08. The van der Waals surface area contributed by atoms with Gasteiger partial charge >= 0.3 is 49.4 Å². The Kier molecular flexibility index (Phi) is 20.8. The third-order valence-corrected chi connectivity index (χ3v) is 12.8. The summed E-state index contributed by atoms with van der Waals surface area (Å²) in [6.07, 6.45) is -4.16. The van der Waals surface area contributed by atoms with Crippen LogP contribution in [0.1, 0.15) is 164 Å². The molecular weight excluding hydrogens is 1110 g/mol.